The molecule has 25 heavy (non-hydrogen) atoms. The minimum Gasteiger partial charge on any atom is -0.348 e. The summed E-state index contributed by atoms with van der Waals surface area (Å²) in [5, 5.41) is 2.80. The lowest BCUT2D eigenvalue weighted by Gasteiger charge is -2.10. The lowest BCUT2D eigenvalue weighted by molar-refractivity contribution is 0.0951. The fraction of sp³-hybridized carbons (Fsp3) is 0.211. The van der Waals surface area contributed by atoms with Gasteiger partial charge in [-0.25, -0.2) is 9.37 Å². The second-order valence-corrected chi connectivity index (χ2v) is 5.76. The van der Waals surface area contributed by atoms with E-state index in [1.54, 1.807) is 41.8 Å². The highest BCUT2D eigenvalue weighted by atomic mass is 19.1. The number of aryl methyl sites for hydroxylation is 2. The summed E-state index contributed by atoms with van der Waals surface area (Å²) in [7, 11) is 0. The quantitative estimate of drug-likeness (QED) is 0.795. The van der Waals surface area contributed by atoms with Gasteiger partial charge in [-0.3, -0.25) is 9.59 Å². The number of amides is 1. The van der Waals surface area contributed by atoms with Gasteiger partial charge in [0, 0.05) is 18.7 Å². The number of aromatic nitrogens is 2. The molecule has 6 heteroatoms. The van der Waals surface area contributed by atoms with Crippen molar-refractivity contribution in [3.63, 3.8) is 0 Å². The Morgan fingerprint density at radius 1 is 1.20 bits per heavy atom. The zero-order valence-electron chi connectivity index (χ0n) is 14.0. The van der Waals surface area contributed by atoms with Crippen molar-refractivity contribution >= 4 is 16.9 Å². The molecular formula is C19H18FN3O2. The van der Waals surface area contributed by atoms with E-state index in [0.717, 1.165) is 5.56 Å². The molecule has 0 saturated heterocycles. The van der Waals surface area contributed by atoms with E-state index in [1.807, 2.05) is 6.92 Å². The molecule has 1 aromatic heterocycles. The number of rotatable bonds is 4. The van der Waals surface area contributed by atoms with Gasteiger partial charge >= 0.3 is 0 Å². The Kier molecular flexibility index (Phi) is 4.61. The van der Waals surface area contributed by atoms with E-state index in [0.29, 0.717) is 35.4 Å². The fourth-order valence-electron chi connectivity index (χ4n) is 2.72. The van der Waals surface area contributed by atoms with E-state index in [-0.39, 0.29) is 17.3 Å². The van der Waals surface area contributed by atoms with Crippen LogP contribution in [0.3, 0.4) is 0 Å². The molecule has 0 unspecified atom stereocenters. The Morgan fingerprint density at radius 3 is 2.60 bits per heavy atom. The maximum atomic E-state index is 12.9. The minimum absolute atomic E-state index is 0.122. The van der Waals surface area contributed by atoms with Gasteiger partial charge in [0.05, 0.1) is 11.0 Å². The molecule has 3 rings (SSSR count). The van der Waals surface area contributed by atoms with Crippen LogP contribution in [0.4, 0.5) is 4.39 Å². The second kappa shape index (κ2) is 6.84. The van der Waals surface area contributed by atoms with E-state index in [1.165, 1.54) is 12.1 Å². The summed E-state index contributed by atoms with van der Waals surface area (Å²) in [5.74, 6) is -0.562. The summed E-state index contributed by atoms with van der Waals surface area (Å²) >= 11 is 0. The summed E-state index contributed by atoms with van der Waals surface area (Å²) in [6.07, 6.45) is 0. The Bertz CT molecular complexity index is 994. The average Bonchev–Trinajstić information content (AvgIpc) is 2.61. The van der Waals surface area contributed by atoms with Gasteiger partial charge < -0.3 is 9.88 Å². The van der Waals surface area contributed by atoms with Crippen LogP contribution in [0.25, 0.3) is 11.0 Å². The molecule has 0 spiro atoms. The van der Waals surface area contributed by atoms with Crippen LogP contribution in [-0.2, 0) is 13.1 Å². The number of benzene rings is 2. The highest BCUT2D eigenvalue weighted by Gasteiger charge is 2.11. The highest BCUT2D eigenvalue weighted by Crippen LogP contribution is 2.14. The maximum absolute atomic E-state index is 12.9. The third-order valence-corrected chi connectivity index (χ3v) is 4.05. The van der Waals surface area contributed by atoms with Gasteiger partial charge in [-0.15, -0.1) is 0 Å². The second-order valence-electron chi connectivity index (χ2n) is 5.76. The smallest absolute Gasteiger partial charge is 0.272 e. The topological polar surface area (TPSA) is 64.0 Å². The van der Waals surface area contributed by atoms with Crippen LogP contribution in [-0.4, -0.2) is 15.5 Å². The summed E-state index contributed by atoms with van der Waals surface area (Å²) in [6, 6.07) is 11.0. The summed E-state index contributed by atoms with van der Waals surface area (Å²) in [4.78, 5) is 28.8. The Balaban J connectivity index is 1.85. The molecular weight excluding hydrogens is 321 g/mol. The first-order chi connectivity index (χ1) is 12.0. The molecule has 0 atom stereocenters. The van der Waals surface area contributed by atoms with Crippen LogP contribution in [0.5, 0.6) is 0 Å². The van der Waals surface area contributed by atoms with Gasteiger partial charge in [0.2, 0.25) is 0 Å². The van der Waals surface area contributed by atoms with E-state index in [4.69, 9.17) is 0 Å². The molecule has 0 bridgehead atoms. The van der Waals surface area contributed by atoms with Gasteiger partial charge in [0.1, 0.15) is 11.5 Å². The average molecular weight is 339 g/mol. The molecule has 1 heterocycles. The monoisotopic (exact) mass is 339 g/mol. The zero-order valence-corrected chi connectivity index (χ0v) is 14.0. The molecule has 1 N–H and O–H groups in total. The zero-order chi connectivity index (χ0) is 18.0. The molecule has 128 valence electrons. The van der Waals surface area contributed by atoms with Crippen molar-refractivity contribution < 1.29 is 9.18 Å². The third-order valence-electron chi connectivity index (χ3n) is 4.05. The third kappa shape index (κ3) is 3.42. The molecule has 1 amide bonds. The van der Waals surface area contributed by atoms with Crippen LogP contribution >= 0.6 is 0 Å². The molecule has 0 aliphatic heterocycles. The van der Waals surface area contributed by atoms with Crippen LogP contribution in [0.2, 0.25) is 0 Å². The minimum atomic E-state index is -0.312. The lowest BCUT2D eigenvalue weighted by atomic mass is 10.1. The number of nitrogens with one attached hydrogen (secondary N) is 1. The summed E-state index contributed by atoms with van der Waals surface area (Å²) < 4.78 is 14.5. The Labute approximate surface area is 144 Å². The number of carbonyl (C=O) groups excluding carboxylic acids is 1. The first kappa shape index (κ1) is 16.8. The van der Waals surface area contributed by atoms with Crippen LogP contribution < -0.4 is 10.9 Å². The highest BCUT2D eigenvalue weighted by molar-refractivity contribution is 5.97. The van der Waals surface area contributed by atoms with E-state index < -0.39 is 0 Å². The molecule has 5 nitrogen and oxygen atoms in total. The van der Waals surface area contributed by atoms with Crippen molar-refractivity contribution in [3.8, 4) is 0 Å². The van der Waals surface area contributed by atoms with Gasteiger partial charge in [0.25, 0.3) is 11.5 Å². The van der Waals surface area contributed by atoms with Crippen molar-refractivity contribution in [1.82, 2.24) is 14.9 Å². The fourth-order valence-corrected chi connectivity index (χ4v) is 2.72. The van der Waals surface area contributed by atoms with Crippen molar-refractivity contribution in [2.45, 2.75) is 26.9 Å². The van der Waals surface area contributed by atoms with Crippen LogP contribution in [0, 0.1) is 12.7 Å². The molecule has 0 fully saturated rings. The van der Waals surface area contributed by atoms with Gasteiger partial charge in [0.15, 0.2) is 0 Å². The number of halogens is 1. The lowest BCUT2D eigenvalue weighted by Crippen LogP contribution is -2.25. The predicted octanol–water partition coefficient (Wildman–Crippen LogP) is 2.79. The van der Waals surface area contributed by atoms with E-state index >= 15 is 0 Å². The first-order valence-corrected chi connectivity index (χ1v) is 8.03. The number of carbonyl (C=O) groups is 1. The van der Waals surface area contributed by atoms with Gasteiger partial charge in [-0.05, 0) is 49.7 Å². The molecule has 0 radical (unpaired) electrons. The van der Waals surface area contributed by atoms with Crippen molar-refractivity contribution in [2.75, 3.05) is 0 Å². The van der Waals surface area contributed by atoms with Crippen LogP contribution in [0.1, 0.15) is 28.5 Å². The SMILES string of the molecule is CCn1c(=O)c(C)nc2cc(C(=O)NCc3ccc(F)cc3)ccc21. The van der Waals surface area contributed by atoms with Crippen LogP contribution in [0.15, 0.2) is 47.3 Å². The number of nitrogens with zero attached hydrogens (tertiary/aromatic N) is 2. The molecule has 2 aromatic carbocycles. The molecule has 3 aromatic rings. The number of fused-ring (bicyclic) bond motifs is 1. The van der Waals surface area contributed by atoms with Gasteiger partial charge in [-0.1, -0.05) is 12.1 Å². The van der Waals surface area contributed by atoms with Crippen molar-refractivity contribution in [2.24, 2.45) is 0 Å². The predicted molar refractivity (Wildman–Crippen MR) is 94.0 cm³/mol. The summed E-state index contributed by atoms with van der Waals surface area (Å²) in [6.45, 7) is 4.39. The number of hydrogen-bond donors (Lipinski definition) is 1. The Morgan fingerprint density at radius 2 is 1.92 bits per heavy atom. The summed E-state index contributed by atoms with van der Waals surface area (Å²) in [5.41, 5.74) is 2.86. The van der Waals surface area contributed by atoms with Crippen molar-refractivity contribution in [3.05, 3.63) is 75.5 Å². The van der Waals surface area contributed by atoms with E-state index in [2.05, 4.69) is 10.3 Å². The van der Waals surface area contributed by atoms with Gasteiger partial charge in [-0.2, -0.15) is 0 Å². The maximum Gasteiger partial charge on any atom is 0.272 e. The molecule has 0 aliphatic rings. The molecule has 0 saturated carbocycles. The first-order valence-electron chi connectivity index (χ1n) is 8.03. The standard InChI is InChI=1S/C19H18FN3O2/c1-3-23-17-9-6-14(10-16(17)22-12(2)19(23)25)18(24)21-11-13-4-7-15(20)8-5-13/h4-10H,3,11H2,1-2H3,(H,21,24). The van der Waals surface area contributed by atoms with Crippen molar-refractivity contribution in [1.29, 1.82) is 0 Å². The largest absolute Gasteiger partial charge is 0.348 e. The number of hydrogen-bond acceptors (Lipinski definition) is 3. The van der Waals surface area contributed by atoms with E-state index in [9.17, 15) is 14.0 Å². The normalized spacial score (nSPS) is 10.8. The molecule has 0 aliphatic carbocycles. The Hall–Kier alpha value is -3.02.